The van der Waals surface area contributed by atoms with Gasteiger partial charge in [0.1, 0.15) is 0 Å². The van der Waals surface area contributed by atoms with Gasteiger partial charge in [-0.15, -0.1) is 0 Å². The lowest BCUT2D eigenvalue weighted by molar-refractivity contribution is 0.427. The van der Waals surface area contributed by atoms with Crippen LogP contribution in [-0.2, 0) is 15.8 Å². The van der Waals surface area contributed by atoms with E-state index in [0.29, 0.717) is 18.3 Å². The lowest BCUT2D eigenvalue weighted by Gasteiger charge is -2.20. The molecular weight excluding hydrogens is 350 g/mol. The number of aryl methyl sites for hydroxylation is 2. The van der Waals surface area contributed by atoms with E-state index in [1.807, 2.05) is 43.0 Å². The Bertz CT molecular complexity index is 816. The zero-order chi connectivity index (χ0) is 17.9. The highest BCUT2D eigenvalue weighted by Gasteiger charge is 2.27. The van der Waals surface area contributed by atoms with Crippen LogP contribution in [0.2, 0.25) is 0 Å². The Morgan fingerprint density at radius 1 is 1.04 bits per heavy atom. The third kappa shape index (κ3) is 4.66. The molecule has 1 aliphatic rings. The first-order valence-electron chi connectivity index (χ1n) is 8.66. The number of benzene rings is 2. The van der Waals surface area contributed by atoms with Gasteiger partial charge in [-0.3, -0.25) is 0 Å². The number of hydrogen-bond acceptors (Lipinski definition) is 3. The van der Waals surface area contributed by atoms with Gasteiger partial charge in [0.15, 0.2) is 0 Å². The van der Waals surface area contributed by atoms with Crippen molar-refractivity contribution < 1.29 is 8.42 Å². The van der Waals surface area contributed by atoms with Crippen molar-refractivity contribution in [3.63, 3.8) is 0 Å². The first-order chi connectivity index (χ1) is 12.0. The molecule has 25 heavy (non-hydrogen) atoms. The third-order valence-corrected chi connectivity index (χ3v) is 7.86. The van der Waals surface area contributed by atoms with Crippen molar-refractivity contribution in [3.05, 3.63) is 70.8 Å². The van der Waals surface area contributed by atoms with Crippen LogP contribution >= 0.6 is 11.8 Å². The molecule has 0 aliphatic carbocycles. The molecule has 0 saturated carbocycles. The van der Waals surface area contributed by atoms with E-state index < -0.39 is 10.0 Å². The number of rotatable bonds is 4. The molecule has 134 valence electrons. The van der Waals surface area contributed by atoms with Gasteiger partial charge in [-0.25, -0.2) is 12.7 Å². The van der Waals surface area contributed by atoms with Crippen molar-refractivity contribution in [1.82, 2.24) is 4.31 Å². The van der Waals surface area contributed by atoms with E-state index >= 15 is 0 Å². The van der Waals surface area contributed by atoms with E-state index in [0.717, 1.165) is 23.3 Å². The van der Waals surface area contributed by atoms with E-state index in [1.54, 1.807) is 4.31 Å². The molecule has 1 atom stereocenters. The van der Waals surface area contributed by atoms with Gasteiger partial charge in [0.05, 0.1) is 5.75 Å². The summed E-state index contributed by atoms with van der Waals surface area (Å²) in [5, 5.41) is 0.376. The van der Waals surface area contributed by atoms with E-state index in [4.69, 9.17) is 0 Å². The van der Waals surface area contributed by atoms with E-state index in [2.05, 4.69) is 31.2 Å². The normalized spacial score (nSPS) is 19.5. The molecule has 3 nitrogen and oxygen atoms in total. The average molecular weight is 376 g/mol. The molecular formula is C20H25NO2S2. The minimum atomic E-state index is -3.27. The number of hydrogen-bond donors (Lipinski definition) is 0. The Hall–Kier alpha value is -1.30. The van der Waals surface area contributed by atoms with Gasteiger partial charge in [-0.1, -0.05) is 54.1 Å². The Kier molecular flexibility index (Phi) is 5.87. The zero-order valence-electron chi connectivity index (χ0n) is 14.8. The molecule has 0 N–H and O–H groups in total. The second-order valence-electron chi connectivity index (χ2n) is 6.65. The second kappa shape index (κ2) is 7.94. The monoisotopic (exact) mass is 375 g/mol. The Morgan fingerprint density at radius 3 is 2.48 bits per heavy atom. The molecule has 3 rings (SSSR count). The summed E-state index contributed by atoms with van der Waals surface area (Å²) >= 11 is 1.87. The van der Waals surface area contributed by atoms with Crippen molar-refractivity contribution in [2.75, 3.05) is 18.8 Å². The minimum absolute atomic E-state index is 0.0903. The van der Waals surface area contributed by atoms with Gasteiger partial charge in [0, 0.05) is 24.1 Å². The predicted molar refractivity (Wildman–Crippen MR) is 106 cm³/mol. The molecule has 1 saturated heterocycles. The van der Waals surface area contributed by atoms with Crippen LogP contribution in [0.15, 0.2) is 48.5 Å². The first-order valence-corrected chi connectivity index (χ1v) is 11.3. The zero-order valence-corrected chi connectivity index (χ0v) is 16.4. The average Bonchev–Trinajstić information content (AvgIpc) is 2.84. The van der Waals surface area contributed by atoms with Gasteiger partial charge in [0.2, 0.25) is 10.0 Å². The summed E-state index contributed by atoms with van der Waals surface area (Å²) < 4.78 is 27.3. The number of nitrogens with zero attached hydrogens (tertiary/aromatic N) is 1. The van der Waals surface area contributed by atoms with Crippen LogP contribution in [-0.4, -0.2) is 31.6 Å². The minimum Gasteiger partial charge on any atom is -0.212 e. The fraction of sp³-hybridized carbons (Fsp3) is 0.400. The Morgan fingerprint density at radius 2 is 1.76 bits per heavy atom. The first kappa shape index (κ1) is 18.5. The molecule has 0 radical (unpaired) electrons. The maximum Gasteiger partial charge on any atom is 0.218 e. The molecule has 0 bridgehead atoms. The summed E-state index contributed by atoms with van der Waals surface area (Å²) in [4.78, 5) is 0. The molecule has 0 spiro atoms. The summed E-state index contributed by atoms with van der Waals surface area (Å²) in [6, 6.07) is 16.2. The highest BCUT2D eigenvalue weighted by Crippen LogP contribution is 2.36. The van der Waals surface area contributed by atoms with Gasteiger partial charge in [0.25, 0.3) is 0 Å². The van der Waals surface area contributed by atoms with E-state index in [-0.39, 0.29) is 5.75 Å². The summed E-state index contributed by atoms with van der Waals surface area (Å²) in [7, 11) is -3.27. The van der Waals surface area contributed by atoms with Crippen LogP contribution in [0.5, 0.6) is 0 Å². The van der Waals surface area contributed by atoms with Crippen LogP contribution in [0.1, 0.15) is 33.9 Å². The van der Waals surface area contributed by atoms with E-state index in [1.165, 1.54) is 11.1 Å². The molecule has 0 amide bonds. The smallest absolute Gasteiger partial charge is 0.212 e. The Balaban J connectivity index is 1.69. The maximum absolute atomic E-state index is 12.8. The fourth-order valence-corrected chi connectivity index (χ4v) is 6.20. The fourth-order valence-electron chi connectivity index (χ4n) is 3.21. The quantitative estimate of drug-likeness (QED) is 0.799. The van der Waals surface area contributed by atoms with Crippen molar-refractivity contribution >= 4 is 21.8 Å². The standard InChI is InChI=1S/C20H25NO2S2/c1-16-7-9-18(10-8-16)15-25(22,23)21-12-11-20(24-14-13-21)19-6-4-3-5-17(19)2/h3-10,20H,11-15H2,1-2H3. The van der Waals surface area contributed by atoms with Gasteiger partial charge >= 0.3 is 0 Å². The SMILES string of the molecule is Cc1ccc(CS(=O)(=O)N2CCSC(c3ccccc3C)CC2)cc1. The second-order valence-corrected chi connectivity index (χ2v) is 9.93. The molecule has 5 heteroatoms. The van der Waals surface area contributed by atoms with Gasteiger partial charge < -0.3 is 0 Å². The molecule has 2 aromatic carbocycles. The van der Waals surface area contributed by atoms with Crippen LogP contribution in [0.4, 0.5) is 0 Å². The molecule has 1 fully saturated rings. The number of sulfonamides is 1. The third-order valence-electron chi connectivity index (χ3n) is 4.70. The number of thioether (sulfide) groups is 1. The largest absolute Gasteiger partial charge is 0.218 e. The molecule has 0 aromatic heterocycles. The maximum atomic E-state index is 12.8. The van der Waals surface area contributed by atoms with Crippen molar-refractivity contribution in [3.8, 4) is 0 Å². The lowest BCUT2D eigenvalue weighted by Crippen LogP contribution is -2.34. The molecule has 1 heterocycles. The Labute approximate surface area is 155 Å². The summed E-state index contributed by atoms with van der Waals surface area (Å²) in [6.07, 6.45) is 0.864. The van der Waals surface area contributed by atoms with Gasteiger partial charge in [-0.05, 0) is 37.0 Å². The summed E-state index contributed by atoms with van der Waals surface area (Å²) in [5.41, 5.74) is 4.63. The molecule has 1 aliphatic heterocycles. The topological polar surface area (TPSA) is 37.4 Å². The summed E-state index contributed by atoms with van der Waals surface area (Å²) in [5.74, 6) is 0.930. The van der Waals surface area contributed by atoms with Crippen molar-refractivity contribution in [2.24, 2.45) is 0 Å². The lowest BCUT2D eigenvalue weighted by atomic mass is 10.0. The van der Waals surface area contributed by atoms with E-state index in [9.17, 15) is 8.42 Å². The van der Waals surface area contributed by atoms with Crippen LogP contribution < -0.4 is 0 Å². The van der Waals surface area contributed by atoms with Crippen LogP contribution in [0.25, 0.3) is 0 Å². The van der Waals surface area contributed by atoms with Gasteiger partial charge in [-0.2, -0.15) is 11.8 Å². The highest BCUT2D eigenvalue weighted by atomic mass is 32.2. The molecule has 2 aromatic rings. The predicted octanol–water partition coefficient (Wildman–Crippen LogP) is 4.31. The van der Waals surface area contributed by atoms with Crippen LogP contribution in [0, 0.1) is 13.8 Å². The highest BCUT2D eigenvalue weighted by molar-refractivity contribution is 7.99. The van der Waals surface area contributed by atoms with Crippen molar-refractivity contribution in [2.45, 2.75) is 31.3 Å². The molecule has 1 unspecified atom stereocenters. The van der Waals surface area contributed by atoms with Crippen LogP contribution in [0.3, 0.4) is 0 Å². The summed E-state index contributed by atoms with van der Waals surface area (Å²) in [6.45, 7) is 5.34. The van der Waals surface area contributed by atoms with Crippen molar-refractivity contribution in [1.29, 1.82) is 0 Å².